The molecule has 6 heteroatoms. The first-order valence-electron chi connectivity index (χ1n) is 7.29. The molecule has 0 aromatic heterocycles. The Morgan fingerprint density at radius 2 is 2.05 bits per heavy atom. The first kappa shape index (κ1) is 18.3. The highest BCUT2D eigenvalue weighted by Gasteiger charge is 2.14. The minimum Gasteiger partial charge on any atom is -0.481 e. The van der Waals surface area contributed by atoms with Crippen molar-refractivity contribution < 1.29 is 19.1 Å². The van der Waals surface area contributed by atoms with Crippen molar-refractivity contribution in [3.63, 3.8) is 0 Å². The smallest absolute Gasteiger partial charge is 0.305 e. The van der Waals surface area contributed by atoms with Crippen LogP contribution in [0.5, 0.6) is 5.75 Å². The van der Waals surface area contributed by atoms with Crippen LogP contribution >= 0.6 is 11.6 Å². The fourth-order valence-electron chi connectivity index (χ4n) is 1.83. The summed E-state index contributed by atoms with van der Waals surface area (Å²) in [6.07, 6.45) is 2.26. The van der Waals surface area contributed by atoms with Crippen LogP contribution in [0.3, 0.4) is 0 Å². The molecule has 0 aliphatic heterocycles. The van der Waals surface area contributed by atoms with Crippen molar-refractivity contribution >= 4 is 23.5 Å². The van der Waals surface area contributed by atoms with E-state index < -0.39 is 6.10 Å². The van der Waals surface area contributed by atoms with Crippen LogP contribution in [0.4, 0.5) is 0 Å². The maximum absolute atomic E-state index is 11.9. The maximum atomic E-state index is 11.9. The van der Waals surface area contributed by atoms with E-state index in [1.807, 2.05) is 0 Å². The van der Waals surface area contributed by atoms with Crippen molar-refractivity contribution in [3.05, 3.63) is 29.3 Å². The highest BCUT2D eigenvalue weighted by atomic mass is 35.5. The molecule has 122 valence electrons. The van der Waals surface area contributed by atoms with Gasteiger partial charge in [0, 0.05) is 18.0 Å². The third-order valence-corrected chi connectivity index (χ3v) is 3.30. The topological polar surface area (TPSA) is 64.6 Å². The Hall–Kier alpha value is -1.75. The van der Waals surface area contributed by atoms with Crippen molar-refractivity contribution in [2.75, 3.05) is 13.7 Å². The molecule has 1 aromatic rings. The van der Waals surface area contributed by atoms with E-state index in [9.17, 15) is 9.59 Å². The molecule has 1 aromatic carbocycles. The standard InChI is InChI=1S/C16H22ClNO4/c1-12(22-14-8-6-7-13(17)11-14)16(20)18-10-5-3-4-9-15(19)21-2/h6-8,11-12H,3-5,9-10H2,1-2H3,(H,18,20). The number of rotatable bonds is 9. The van der Waals surface area contributed by atoms with Gasteiger partial charge in [-0.15, -0.1) is 0 Å². The van der Waals surface area contributed by atoms with Crippen LogP contribution in [0.1, 0.15) is 32.6 Å². The van der Waals surface area contributed by atoms with Gasteiger partial charge in [-0.05, 0) is 38.0 Å². The molecule has 1 rings (SSSR count). The van der Waals surface area contributed by atoms with Crippen LogP contribution in [-0.4, -0.2) is 31.6 Å². The minimum atomic E-state index is -0.589. The lowest BCUT2D eigenvalue weighted by Gasteiger charge is -2.14. The Balaban J connectivity index is 2.18. The molecule has 1 N–H and O–H groups in total. The SMILES string of the molecule is COC(=O)CCCCCNC(=O)C(C)Oc1cccc(Cl)c1. The van der Waals surface area contributed by atoms with Crippen LogP contribution in [0.25, 0.3) is 0 Å². The van der Waals surface area contributed by atoms with E-state index in [4.69, 9.17) is 16.3 Å². The van der Waals surface area contributed by atoms with Gasteiger partial charge < -0.3 is 14.8 Å². The molecule has 0 aliphatic rings. The van der Waals surface area contributed by atoms with Crippen molar-refractivity contribution in [3.8, 4) is 5.75 Å². The summed E-state index contributed by atoms with van der Waals surface area (Å²) < 4.78 is 10.1. The van der Waals surface area contributed by atoms with Gasteiger partial charge in [0.25, 0.3) is 5.91 Å². The van der Waals surface area contributed by atoms with Crippen molar-refractivity contribution in [1.29, 1.82) is 0 Å². The summed E-state index contributed by atoms with van der Waals surface area (Å²) in [5, 5.41) is 3.37. The summed E-state index contributed by atoms with van der Waals surface area (Å²) in [5.74, 6) is 0.189. The molecule has 0 heterocycles. The quantitative estimate of drug-likeness (QED) is 0.559. The average Bonchev–Trinajstić information content (AvgIpc) is 2.50. The van der Waals surface area contributed by atoms with Crippen molar-refractivity contribution in [2.45, 2.75) is 38.7 Å². The number of esters is 1. The monoisotopic (exact) mass is 327 g/mol. The molecule has 0 saturated heterocycles. The third kappa shape index (κ3) is 7.31. The summed E-state index contributed by atoms with van der Waals surface area (Å²) >= 11 is 5.86. The first-order chi connectivity index (χ1) is 10.5. The lowest BCUT2D eigenvalue weighted by Crippen LogP contribution is -2.36. The Labute approximate surface area is 135 Å². The van der Waals surface area contributed by atoms with Crippen LogP contribution < -0.4 is 10.1 Å². The number of benzene rings is 1. The number of carbonyl (C=O) groups is 2. The minimum absolute atomic E-state index is 0.173. The maximum Gasteiger partial charge on any atom is 0.305 e. The van der Waals surface area contributed by atoms with Gasteiger partial charge in [0.1, 0.15) is 5.75 Å². The third-order valence-electron chi connectivity index (χ3n) is 3.06. The Bertz CT molecular complexity index is 493. The predicted octanol–water partition coefficient (Wildman–Crippen LogP) is 2.96. The molecule has 0 spiro atoms. The first-order valence-corrected chi connectivity index (χ1v) is 7.67. The van der Waals surface area contributed by atoms with Gasteiger partial charge in [-0.3, -0.25) is 9.59 Å². The lowest BCUT2D eigenvalue weighted by molar-refractivity contribution is -0.140. The Morgan fingerprint density at radius 1 is 1.27 bits per heavy atom. The van der Waals surface area contributed by atoms with Crippen LogP contribution in [-0.2, 0) is 14.3 Å². The Morgan fingerprint density at radius 3 is 2.73 bits per heavy atom. The lowest BCUT2D eigenvalue weighted by atomic mass is 10.2. The molecule has 0 fully saturated rings. The van der Waals surface area contributed by atoms with Crippen LogP contribution in [0.15, 0.2) is 24.3 Å². The second kappa shape index (κ2) is 10.1. The molecule has 22 heavy (non-hydrogen) atoms. The van der Waals surface area contributed by atoms with Crippen molar-refractivity contribution in [1.82, 2.24) is 5.32 Å². The summed E-state index contributed by atoms with van der Waals surface area (Å²) in [6.45, 7) is 2.25. The zero-order chi connectivity index (χ0) is 16.4. The molecule has 0 aliphatic carbocycles. The fourth-order valence-corrected chi connectivity index (χ4v) is 2.01. The largest absolute Gasteiger partial charge is 0.481 e. The van der Waals surface area contributed by atoms with Gasteiger partial charge in [0.2, 0.25) is 0 Å². The van der Waals surface area contributed by atoms with Gasteiger partial charge in [0.15, 0.2) is 6.10 Å². The summed E-state index contributed by atoms with van der Waals surface area (Å²) in [7, 11) is 1.38. The molecule has 0 bridgehead atoms. The number of halogens is 1. The normalized spacial score (nSPS) is 11.6. The molecular weight excluding hydrogens is 306 g/mol. The number of nitrogens with one attached hydrogen (secondary N) is 1. The highest BCUT2D eigenvalue weighted by molar-refractivity contribution is 6.30. The zero-order valence-electron chi connectivity index (χ0n) is 12.9. The van der Waals surface area contributed by atoms with E-state index in [0.29, 0.717) is 23.7 Å². The van der Waals surface area contributed by atoms with E-state index >= 15 is 0 Å². The van der Waals surface area contributed by atoms with Crippen LogP contribution in [0.2, 0.25) is 5.02 Å². The van der Waals surface area contributed by atoms with Gasteiger partial charge in [-0.25, -0.2) is 0 Å². The van der Waals surface area contributed by atoms with E-state index in [2.05, 4.69) is 10.1 Å². The number of hydrogen-bond donors (Lipinski definition) is 1. The molecule has 5 nitrogen and oxygen atoms in total. The summed E-state index contributed by atoms with van der Waals surface area (Å²) in [6, 6.07) is 6.93. The van der Waals surface area contributed by atoms with E-state index in [1.165, 1.54) is 7.11 Å². The second-order valence-electron chi connectivity index (χ2n) is 4.90. The number of carbonyl (C=O) groups excluding carboxylic acids is 2. The number of unbranched alkanes of at least 4 members (excludes halogenated alkanes) is 2. The fraction of sp³-hybridized carbons (Fsp3) is 0.500. The number of methoxy groups -OCH3 is 1. The van der Waals surface area contributed by atoms with Crippen LogP contribution in [0, 0.1) is 0 Å². The number of amides is 1. The van der Waals surface area contributed by atoms with Gasteiger partial charge in [-0.1, -0.05) is 24.1 Å². The van der Waals surface area contributed by atoms with Gasteiger partial charge in [0.05, 0.1) is 7.11 Å². The molecular formula is C16H22ClNO4. The highest BCUT2D eigenvalue weighted by Crippen LogP contribution is 2.18. The summed E-state index contributed by atoms with van der Waals surface area (Å²) in [4.78, 5) is 22.8. The van der Waals surface area contributed by atoms with E-state index in [0.717, 1.165) is 19.3 Å². The molecule has 1 amide bonds. The molecule has 1 unspecified atom stereocenters. The van der Waals surface area contributed by atoms with Crippen molar-refractivity contribution in [2.24, 2.45) is 0 Å². The predicted molar refractivity (Wildman–Crippen MR) is 85.0 cm³/mol. The van der Waals surface area contributed by atoms with Gasteiger partial charge >= 0.3 is 5.97 Å². The number of ether oxygens (including phenoxy) is 2. The average molecular weight is 328 g/mol. The zero-order valence-corrected chi connectivity index (χ0v) is 13.7. The molecule has 0 radical (unpaired) electrons. The Kier molecular flexibility index (Phi) is 8.36. The van der Waals surface area contributed by atoms with E-state index in [-0.39, 0.29) is 11.9 Å². The molecule has 1 atom stereocenters. The van der Waals surface area contributed by atoms with Gasteiger partial charge in [-0.2, -0.15) is 0 Å². The number of hydrogen-bond acceptors (Lipinski definition) is 4. The second-order valence-corrected chi connectivity index (χ2v) is 5.33. The summed E-state index contributed by atoms with van der Waals surface area (Å²) in [5.41, 5.74) is 0. The molecule has 0 saturated carbocycles. The van der Waals surface area contributed by atoms with E-state index in [1.54, 1.807) is 31.2 Å².